The molecule has 0 radical (unpaired) electrons. The van der Waals surface area contributed by atoms with E-state index in [4.69, 9.17) is 9.15 Å². The summed E-state index contributed by atoms with van der Waals surface area (Å²) in [6.45, 7) is 1.34. The maximum Gasteiger partial charge on any atom is 0.355 e. The summed E-state index contributed by atoms with van der Waals surface area (Å²) >= 11 is 0. The summed E-state index contributed by atoms with van der Waals surface area (Å²) in [5.41, 5.74) is 1.54. The van der Waals surface area contributed by atoms with E-state index in [1.165, 1.54) is 19.2 Å². The van der Waals surface area contributed by atoms with Crippen molar-refractivity contribution in [2.24, 2.45) is 0 Å². The highest BCUT2D eigenvalue weighted by molar-refractivity contribution is 5.97. The Morgan fingerprint density at radius 1 is 1.26 bits per heavy atom. The van der Waals surface area contributed by atoms with E-state index in [1.807, 2.05) is 30.3 Å². The summed E-state index contributed by atoms with van der Waals surface area (Å²) in [6.07, 6.45) is 3.05. The summed E-state index contributed by atoms with van der Waals surface area (Å²) in [7, 11) is 0. The van der Waals surface area contributed by atoms with Crippen LogP contribution in [0.25, 0.3) is 11.3 Å². The highest BCUT2D eigenvalue weighted by Gasteiger charge is 2.14. The molecular formula is C17H14N2O4. The van der Waals surface area contributed by atoms with Crippen LogP contribution in [0.4, 0.5) is 0 Å². The average Bonchev–Trinajstić information content (AvgIpc) is 3.23. The van der Waals surface area contributed by atoms with Gasteiger partial charge in [-0.2, -0.15) is 0 Å². The predicted octanol–water partition coefficient (Wildman–Crippen LogP) is 3.23. The van der Waals surface area contributed by atoms with Gasteiger partial charge in [-0.05, 0) is 13.0 Å². The second kappa shape index (κ2) is 6.31. The molecule has 0 amide bonds. The fraction of sp³-hybridized carbons (Fsp3) is 0.118. The molecule has 0 spiro atoms. The minimum atomic E-state index is -0.572. The fourth-order valence-electron chi connectivity index (χ4n) is 2.03. The number of carbonyl (C=O) groups excluding carboxylic acids is 2. The number of ether oxygens (including phenoxy) is 1. The van der Waals surface area contributed by atoms with Gasteiger partial charge < -0.3 is 14.1 Å². The van der Waals surface area contributed by atoms with E-state index in [0.717, 1.165) is 5.56 Å². The van der Waals surface area contributed by atoms with Crippen molar-refractivity contribution >= 4 is 11.8 Å². The number of nitrogens with one attached hydrogen (secondary N) is 1. The first-order chi connectivity index (χ1) is 11.1. The van der Waals surface area contributed by atoms with Gasteiger partial charge in [0.25, 0.3) is 0 Å². The van der Waals surface area contributed by atoms with Gasteiger partial charge in [0.15, 0.2) is 18.2 Å². The molecule has 0 saturated carbocycles. The molecule has 0 atom stereocenters. The molecule has 0 unspecified atom stereocenters. The molecule has 23 heavy (non-hydrogen) atoms. The molecule has 6 nitrogen and oxygen atoms in total. The Morgan fingerprint density at radius 3 is 2.74 bits per heavy atom. The first-order valence-electron chi connectivity index (χ1n) is 7.00. The van der Waals surface area contributed by atoms with E-state index >= 15 is 0 Å². The summed E-state index contributed by atoms with van der Waals surface area (Å²) in [5.74, 6) is 0.211. The second-order valence-electron chi connectivity index (χ2n) is 4.92. The predicted molar refractivity (Wildman–Crippen MR) is 81.9 cm³/mol. The average molecular weight is 310 g/mol. The summed E-state index contributed by atoms with van der Waals surface area (Å²) < 4.78 is 10.7. The number of esters is 1. The number of oxazole rings is 1. The lowest BCUT2D eigenvalue weighted by Crippen LogP contribution is -2.05. The molecule has 1 N–H and O–H groups in total. The van der Waals surface area contributed by atoms with Crippen LogP contribution >= 0.6 is 0 Å². The van der Waals surface area contributed by atoms with Crippen molar-refractivity contribution < 1.29 is 18.7 Å². The lowest BCUT2D eigenvalue weighted by Gasteiger charge is -2.00. The number of aromatic nitrogens is 2. The number of rotatable bonds is 5. The standard InChI is InChI=1S/C17H14N2O4/c1-11(20)13-7-14(18-8-13)17(21)22-10-16-19-9-15(23-16)12-5-3-2-4-6-12/h2-9,18H,10H2,1H3. The van der Waals surface area contributed by atoms with Crippen LogP contribution in [0, 0.1) is 0 Å². The number of hydrogen-bond acceptors (Lipinski definition) is 5. The van der Waals surface area contributed by atoms with Crippen molar-refractivity contribution in [3.05, 3.63) is 65.9 Å². The molecule has 1 aromatic carbocycles. The Morgan fingerprint density at radius 2 is 2.04 bits per heavy atom. The SMILES string of the molecule is CC(=O)c1c[nH]c(C(=O)OCc2ncc(-c3ccccc3)o2)c1. The highest BCUT2D eigenvalue weighted by atomic mass is 16.5. The fourth-order valence-corrected chi connectivity index (χ4v) is 2.03. The third kappa shape index (κ3) is 3.37. The van der Waals surface area contributed by atoms with Crippen LogP contribution in [0.1, 0.15) is 33.7 Å². The van der Waals surface area contributed by atoms with Crippen LogP contribution in [-0.2, 0) is 11.3 Å². The van der Waals surface area contributed by atoms with E-state index in [9.17, 15) is 9.59 Å². The van der Waals surface area contributed by atoms with Gasteiger partial charge in [0.05, 0.1) is 6.20 Å². The topological polar surface area (TPSA) is 85.2 Å². The van der Waals surface area contributed by atoms with Crippen LogP contribution in [0.2, 0.25) is 0 Å². The Hall–Kier alpha value is -3.15. The van der Waals surface area contributed by atoms with Crippen molar-refractivity contribution in [1.82, 2.24) is 9.97 Å². The summed E-state index contributed by atoms with van der Waals surface area (Å²) in [5, 5.41) is 0. The first-order valence-corrected chi connectivity index (χ1v) is 7.00. The largest absolute Gasteiger partial charge is 0.451 e. The number of nitrogens with zero attached hydrogens (tertiary/aromatic N) is 1. The molecule has 0 aliphatic heterocycles. The van der Waals surface area contributed by atoms with Gasteiger partial charge >= 0.3 is 5.97 Å². The van der Waals surface area contributed by atoms with E-state index in [1.54, 1.807) is 6.20 Å². The minimum absolute atomic E-state index is 0.0832. The number of H-pyrrole nitrogens is 1. The van der Waals surface area contributed by atoms with E-state index in [0.29, 0.717) is 17.2 Å². The van der Waals surface area contributed by atoms with Crippen molar-refractivity contribution in [3.8, 4) is 11.3 Å². The smallest absolute Gasteiger partial charge is 0.355 e. The van der Waals surface area contributed by atoms with Crippen molar-refractivity contribution in [2.45, 2.75) is 13.5 Å². The van der Waals surface area contributed by atoms with Gasteiger partial charge in [-0.25, -0.2) is 9.78 Å². The Balaban J connectivity index is 1.63. The molecule has 2 aromatic heterocycles. The Labute approximate surface area is 132 Å². The van der Waals surface area contributed by atoms with Crippen LogP contribution < -0.4 is 0 Å². The summed E-state index contributed by atoms with van der Waals surface area (Å²) in [6, 6.07) is 11.0. The molecule has 3 aromatic rings. The van der Waals surface area contributed by atoms with Gasteiger partial charge in [0, 0.05) is 17.3 Å². The number of hydrogen-bond donors (Lipinski definition) is 1. The molecule has 116 valence electrons. The van der Waals surface area contributed by atoms with Gasteiger partial charge in [0.2, 0.25) is 5.89 Å². The maximum absolute atomic E-state index is 11.9. The zero-order valence-corrected chi connectivity index (χ0v) is 12.4. The van der Waals surface area contributed by atoms with E-state index in [-0.39, 0.29) is 18.1 Å². The lowest BCUT2D eigenvalue weighted by molar-refractivity contribution is 0.0433. The van der Waals surface area contributed by atoms with Crippen LogP contribution in [0.5, 0.6) is 0 Å². The monoisotopic (exact) mass is 310 g/mol. The molecule has 0 aliphatic rings. The maximum atomic E-state index is 11.9. The number of carbonyl (C=O) groups is 2. The second-order valence-corrected chi connectivity index (χ2v) is 4.92. The van der Waals surface area contributed by atoms with Crippen molar-refractivity contribution in [1.29, 1.82) is 0 Å². The third-order valence-corrected chi connectivity index (χ3v) is 3.25. The molecule has 3 rings (SSSR count). The van der Waals surface area contributed by atoms with Gasteiger partial charge in [-0.15, -0.1) is 0 Å². The number of Topliss-reactive ketones (excluding diaryl/α,β-unsaturated/α-hetero) is 1. The first kappa shape index (κ1) is 14.8. The molecule has 0 saturated heterocycles. The number of ketones is 1. The quantitative estimate of drug-likeness (QED) is 0.577. The number of benzene rings is 1. The van der Waals surface area contributed by atoms with Gasteiger partial charge in [0.1, 0.15) is 5.69 Å². The van der Waals surface area contributed by atoms with E-state index < -0.39 is 5.97 Å². The van der Waals surface area contributed by atoms with Crippen molar-refractivity contribution in [3.63, 3.8) is 0 Å². The molecule has 2 heterocycles. The molecule has 0 bridgehead atoms. The minimum Gasteiger partial charge on any atom is -0.451 e. The highest BCUT2D eigenvalue weighted by Crippen LogP contribution is 2.20. The number of aromatic amines is 1. The normalized spacial score (nSPS) is 10.5. The lowest BCUT2D eigenvalue weighted by atomic mass is 10.2. The summed E-state index contributed by atoms with van der Waals surface area (Å²) in [4.78, 5) is 29.9. The van der Waals surface area contributed by atoms with Crippen LogP contribution in [-0.4, -0.2) is 21.7 Å². The molecular weight excluding hydrogens is 296 g/mol. The Bertz CT molecular complexity index is 833. The van der Waals surface area contributed by atoms with Crippen molar-refractivity contribution in [2.75, 3.05) is 0 Å². The zero-order chi connectivity index (χ0) is 16.2. The Kier molecular flexibility index (Phi) is 4.05. The van der Waals surface area contributed by atoms with Gasteiger partial charge in [-0.3, -0.25) is 4.79 Å². The molecule has 6 heteroatoms. The molecule has 0 fully saturated rings. The van der Waals surface area contributed by atoms with E-state index in [2.05, 4.69) is 9.97 Å². The van der Waals surface area contributed by atoms with Crippen LogP contribution in [0.15, 0.2) is 53.2 Å². The zero-order valence-electron chi connectivity index (χ0n) is 12.4. The molecule has 0 aliphatic carbocycles. The van der Waals surface area contributed by atoms with Gasteiger partial charge in [-0.1, -0.05) is 30.3 Å². The third-order valence-electron chi connectivity index (χ3n) is 3.25. The van der Waals surface area contributed by atoms with Crippen LogP contribution in [0.3, 0.4) is 0 Å².